The second kappa shape index (κ2) is 9.36. The second-order valence-corrected chi connectivity index (χ2v) is 10.3. The molecule has 0 heterocycles. The Hall–Kier alpha value is -3.35. The van der Waals surface area contributed by atoms with E-state index >= 15 is 0 Å². The van der Waals surface area contributed by atoms with E-state index in [1.807, 2.05) is 31.2 Å². The van der Waals surface area contributed by atoms with Gasteiger partial charge in [-0.15, -0.1) is 0 Å². The molecule has 2 aromatic carbocycles. The molecule has 7 nitrogen and oxygen atoms in total. The first-order valence-corrected chi connectivity index (χ1v) is 12.5. The summed E-state index contributed by atoms with van der Waals surface area (Å²) in [6, 6.07) is 15.7. The topological polar surface area (TPSA) is 105 Å². The molecule has 0 aliphatic heterocycles. The Morgan fingerprint density at radius 2 is 1.60 bits per heavy atom. The van der Waals surface area contributed by atoms with E-state index in [-0.39, 0.29) is 30.5 Å². The van der Waals surface area contributed by atoms with Crippen molar-refractivity contribution in [2.24, 2.45) is 11.3 Å². The van der Waals surface area contributed by atoms with E-state index in [9.17, 15) is 19.5 Å². The van der Waals surface area contributed by atoms with Gasteiger partial charge in [-0.1, -0.05) is 61.4 Å². The molecule has 0 spiro atoms. The van der Waals surface area contributed by atoms with Crippen LogP contribution in [0.3, 0.4) is 0 Å². The highest BCUT2D eigenvalue weighted by Gasteiger charge is 2.47. The Bertz CT molecular complexity index is 1100. The smallest absolute Gasteiger partial charge is 0.407 e. The molecule has 0 saturated heterocycles. The number of nitrogens with one attached hydrogen (secondary N) is 2. The maximum Gasteiger partial charge on any atom is 0.407 e. The summed E-state index contributed by atoms with van der Waals surface area (Å²) in [7, 11) is 0. The monoisotopic (exact) mass is 476 g/mol. The SMILES string of the molecule is CC1(C(=O)N[C@H]2CCC[C@H]2C(=O)O)CCCC1NC(=O)OCC1c2ccccc2-c2ccccc21. The molecule has 2 amide bonds. The van der Waals surface area contributed by atoms with Crippen LogP contribution in [0.2, 0.25) is 0 Å². The molecule has 2 fully saturated rings. The van der Waals surface area contributed by atoms with Crippen LogP contribution in [0, 0.1) is 11.3 Å². The van der Waals surface area contributed by atoms with Crippen molar-refractivity contribution in [3.8, 4) is 11.1 Å². The first kappa shape index (κ1) is 23.4. The molecule has 3 N–H and O–H groups in total. The summed E-state index contributed by atoms with van der Waals surface area (Å²) in [5.74, 6) is -1.62. The van der Waals surface area contributed by atoms with Gasteiger partial charge >= 0.3 is 12.1 Å². The molecular weight excluding hydrogens is 444 g/mol. The van der Waals surface area contributed by atoms with Crippen LogP contribution < -0.4 is 10.6 Å². The number of carboxylic acids is 1. The third kappa shape index (κ3) is 4.28. The van der Waals surface area contributed by atoms with Crippen LogP contribution in [0.4, 0.5) is 4.79 Å². The highest BCUT2D eigenvalue weighted by Crippen LogP contribution is 2.44. The van der Waals surface area contributed by atoms with Gasteiger partial charge in [0.2, 0.25) is 5.91 Å². The molecule has 2 unspecified atom stereocenters. The second-order valence-electron chi connectivity index (χ2n) is 10.3. The van der Waals surface area contributed by atoms with Gasteiger partial charge < -0.3 is 20.5 Å². The Morgan fingerprint density at radius 3 is 2.26 bits per heavy atom. The molecule has 3 aliphatic rings. The lowest BCUT2D eigenvalue weighted by Crippen LogP contribution is -2.54. The number of fused-ring (bicyclic) bond motifs is 3. The van der Waals surface area contributed by atoms with E-state index in [2.05, 4.69) is 34.9 Å². The zero-order chi connectivity index (χ0) is 24.6. The van der Waals surface area contributed by atoms with E-state index in [0.29, 0.717) is 25.7 Å². The Kier molecular flexibility index (Phi) is 6.26. The summed E-state index contributed by atoms with van der Waals surface area (Å²) in [6.07, 6.45) is 3.65. The van der Waals surface area contributed by atoms with Crippen molar-refractivity contribution in [2.45, 2.75) is 63.5 Å². The fourth-order valence-electron chi connectivity index (χ4n) is 6.21. The number of ether oxygens (including phenoxy) is 1. The summed E-state index contributed by atoms with van der Waals surface area (Å²) in [5.41, 5.74) is 3.84. The van der Waals surface area contributed by atoms with Crippen LogP contribution in [0.15, 0.2) is 48.5 Å². The summed E-state index contributed by atoms with van der Waals surface area (Å²) >= 11 is 0. The maximum atomic E-state index is 13.2. The third-order valence-corrected chi connectivity index (χ3v) is 8.26. The Morgan fingerprint density at radius 1 is 0.943 bits per heavy atom. The van der Waals surface area contributed by atoms with E-state index in [4.69, 9.17) is 4.74 Å². The van der Waals surface area contributed by atoms with Crippen LogP contribution in [-0.4, -0.2) is 41.8 Å². The van der Waals surface area contributed by atoms with Crippen LogP contribution in [0.5, 0.6) is 0 Å². The molecule has 2 saturated carbocycles. The lowest BCUT2D eigenvalue weighted by atomic mass is 9.83. The minimum atomic E-state index is -0.863. The number of aliphatic carboxylic acids is 1. The molecule has 5 rings (SSSR count). The predicted octanol–water partition coefficient (Wildman–Crippen LogP) is 4.45. The van der Waals surface area contributed by atoms with Crippen molar-refractivity contribution in [3.05, 3.63) is 59.7 Å². The molecule has 0 aromatic heterocycles. The first-order chi connectivity index (χ1) is 16.9. The molecule has 0 bridgehead atoms. The van der Waals surface area contributed by atoms with E-state index in [1.165, 1.54) is 11.1 Å². The molecule has 184 valence electrons. The van der Waals surface area contributed by atoms with Gasteiger partial charge in [0.25, 0.3) is 0 Å². The largest absolute Gasteiger partial charge is 0.481 e. The van der Waals surface area contributed by atoms with Gasteiger partial charge in [0, 0.05) is 18.0 Å². The number of hydrogen-bond acceptors (Lipinski definition) is 4. The highest BCUT2D eigenvalue weighted by atomic mass is 16.5. The van der Waals surface area contributed by atoms with Gasteiger partial charge in [0.05, 0.1) is 11.3 Å². The average Bonchev–Trinajstić information content (AvgIpc) is 3.55. The zero-order valence-electron chi connectivity index (χ0n) is 20.0. The van der Waals surface area contributed by atoms with Crippen molar-refractivity contribution in [1.82, 2.24) is 10.6 Å². The van der Waals surface area contributed by atoms with Crippen molar-refractivity contribution < 1.29 is 24.2 Å². The number of carbonyl (C=O) groups excluding carboxylic acids is 2. The van der Waals surface area contributed by atoms with Crippen molar-refractivity contribution in [1.29, 1.82) is 0 Å². The molecule has 35 heavy (non-hydrogen) atoms. The van der Waals surface area contributed by atoms with Gasteiger partial charge in [0.15, 0.2) is 0 Å². The molecule has 4 atom stereocenters. The first-order valence-electron chi connectivity index (χ1n) is 12.5. The number of rotatable bonds is 6. The Labute approximate surface area is 205 Å². The van der Waals surface area contributed by atoms with Gasteiger partial charge in [-0.05, 0) is 54.9 Å². The van der Waals surface area contributed by atoms with Crippen molar-refractivity contribution in [2.75, 3.05) is 6.61 Å². The molecule has 2 aromatic rings. The third-order valence-electron chi connectivity index (χ3n) is 8.26. The quantitative estimate of drug-likeness (QED) is 0.571. The molecular formula is C28H32N2O5. The summed E-state index contributed by atoms with van der Waals surface area (Å²) in [5, 5.41) is 15.4. The fraction of sp³-hybridized carbons (Fsp3) is 0.464. The molecule has 0 radical (unpaired) electrons. The number of amides is 2. The number of benzene rings is 2. The highest BCUT2D eigenvalue weighted by molar-refractivity contribution is 5.85. The van der Waals surface area contributed by atoms with Crippen LogP contribution in [0.25, 0.3) is 11.1 Å². The number of carboxylic acid groups (broad SMARTS) is 1. The minimum absolute atomic E-state index is 0.0262. The minimum Gasteiger partial charge on any atom is -0.481 e. The lowest BCUT2D eigenvalue weighted by molar-refractivity contribution is -0.142. The van der Waals surface area contributed by atoms with E-state index < -0.39 is 23.4 Å². The number of alkyl carbamates (subject to hydrolysis) is 1. The van der Waals surface area contributed by atoms with Gasteiger partial charge in [0.1, 0.15) is 6.61 Å². The van der Waals surface area contributed by atoms with Crippen LogP contribution >= 0.6 is 0 Å². The van der Waals surface area contributed by atoms with Crippen LogP contribution in [-0.2, 0) is 14.3 Å². The summed E-state index contributed by atoms with van der Waals surface area (Å²) in [4.78, 5) is 37.6. The van der Waals surface area contributed by atoms with Gasteiger partial charge in [-0.2, -0.15) is 0 Å². The number of carbonyl (C=O) groups is 3. The number of hydrogen-bond donors (Lipinski definition) is 3. The standard InChI is InChI=1S/C28H32N2O5/c1-28(26(33)29-23-13-6-12-21(23)25(31)32)15-7-14-24(28)30-27(34)35-16-22-19-10-4-2-8-17(19)18-9-3-5-11-20(18)22/h2-5,8-11,21-24H,6-7,12-16H2,1H3,(H,29,33)(H,30,34)(H,31,32)/t21-,23+,24?,28?/m1/s1. The zero-order valence-corrected chi connectivity index (χ0v) is 20.0. The summed E-state index contributed by atoms with van der Waals surface area (Å²) < 4.78 is 5.70. The van der Waals surface area contributed by atoms with Crippen LogP contribution in [0.1, 0.15) is 62.5 Å². The predicted molar refractivity (Wildman–Crippen MR) is 131 cm³/mol. The van der Waals surface area contributed by atoms with E-state index in [0.717, 1.165) is 24.0 Å². The van der Waals surface area contributed by atoms with E-state index in [1.54, 1.807) is 0 Å². The normalized spacial score (nSPS) is 27.2. The Balaban J connectivity index is 1.22. The molecule has 3 aliphatic carbocycles. The van der Waals surface area contributed by atoms with Gasteiger partial charge in [-0.3, -0.25) is 9.59 Å². The average molecular weight is 477 g/mol. The fourth-order valence-corrected chi connectivity index (χ4v) is 6.21. The van der Waals surface area contributed by atoms with Crippen molar-refractivity contribution in [3.63, 3.8) is 0 Å². The molecule has 7 heteroatoms. The van der Waals surface area contributed by atoms with Gasteiger partial charge in [-0.25, -0.2) is 4.79 Å². The maximum absolute atomic E-state index is 13.2. The van der Waals surface area contributed by atoms with Crippen molar-refractivity contribution >= 4 is 18.0 Å². The lowest BCUT2D eigenvalue weighted by Gasteiger charge is -2.32. The summed E-state index contributed by atoms with van der Waals surface area (Å²) in [6.45, 7) is 2.08.